The Hall–Kier alpha value is -0.320. The molecular formula is C15H16Cl2OP2. The Morgan fingerprint density at radius 2 is 1.30 bits per heavy atom. The van der Waals surface area contributed by atoms with Gasteiger partial charge < -0.3 is 0 Å². The molecule has 0 radical (unpaired) electrons. The standard InChI is InChI=1S/C15H16Cl2OP2/c16-20(17,18)13-7-12-19(14-8-3-1-4-9-14)15-10-5-2-6-11-15/h1-6,8-11H,7,12-13H2. The number of benzene rings is 2. The van der Waals surface area contributed by atoms with Crippen molar-refractivity contribution in [1.82, 2.24) is 0 Å². The summed E-state index contributed by atoms with van der Waals surface area (Å²) in [6, 6.07) is 20.9. The minimum absolute atomic E-state index is 0.384. The van der Waals surface area contributed by atoms with E-state index in [4.69, 9.17) is 22.5 Å². The molecule has 0 saturated heterocycles. The summed E-state index contributed by atoms with van der Waals surface area (Å²) in [5, 5.41) is 2.65. The van der Waals surface area contributed by atoms with Crippen LogP contribution < -0.4 is 10.6 Å². The Morgan fingerprint density at radius 1 is 0.850 bits per heavy atom. The zero-order chi connectivity index (χ0) is 14.4. The molecule has 0 unspecified atom stereocenters. The van der Waals surface area contributed by atoms with Gasteiger partial charge in [-0.25, -0.2) is 0 Å². The highest BCUT2D eigenvalue weighted by Gasteiger charge is 2.17. The second kappa shape index (κ2) is 7.62. The molecule has 2 rings (SSSR count). The van der Waals surface area contributed by atoms with Crippen LogP contribution in [0.15, 0.2) is 60.7 Å². The van der Waals surface area contributed by atoms with Crippen LogP contribution in [0.3, 0.4) is 0 Å². The highest BCUT2D eigenvalue weighted by atomic mass is 35.9. The summed E-state index contributed by atoms with van der Waals surface area (Å²) >= 11 is 11.3. The molecule has 5 heteroatoms. The summed E-state index contributed by atoms with van der Waals surface area (Å²) in [5.74, 6) is -2.95. The van der Waals surface area contributed by atoms with Crippen molar-refractivity contribution < 1.29 is 4.57 Å². The summed E-state index contributed by atoms with van der Waals surface area (Å²) in [6.07, 6.45) is 2.11. The highest BCUT2D eigenvalue weighted by Crippen LogP contribution is 2.57. The van der Waals surface area contributed by atoms with Gasteiger partial charge in [0.15, 0.2) is 0 Å². The van der Waals surface area contributed by atoms with Crippen molar-refractivity contribution in [2.45, 2.75) is 6.42 Å². The van der Waals surface area contributed by atoms with Gasteiger partial charge in [-0.1, -0.05) is 60.7 Å². The lowest BCUT2D eigenvalue weighted by Crippen LogP contribution is -2.14. The van der Waals surface area contributed by atoms with Gasteiger partial charge in [0.1, 0.15) is 0 Å². The van der Waals surface area contributed by atoms with E-state index < -0.39 is 13.8 Å². The van der Waals surface area contributed by atoms with Crippen molar-refractivity contribution >= 4 is 46.9 Å². The van der Waals surface area contributed by atoms with Crippen LogP contribution in [0.25, 0.3) is 0 Å². The molecule has 0 bridgehead atoms. The molecule has 106 valence electrons. The number of halogens is 2. The largest absolute Gasteiger partial charge is 0.289 e. The van der Waals surface area contributed by atoms with Crippen LogP contribution >= 0.6 is 36.3 Å². The lowest BCUT2D eigenvalue weighted by atomic mass is 10.4. The van der Waals surface area contributed by atoms with Gasteiger partial charge >= 0.3 is 0 Å². The van der Waals surface area contributed by atoms with Crippen LogP contribution in [-0.2, 0) is 4.57 Å². The minimum Gasteiger partial charge on any atom is -0.289 e. The Kier molecular flexibility index (Phi) is 6.12. The average molecular weight is 345 g/mol. The minimum atomic E-state index is -2.95. The molecule has 0 aliphatic heterocycles. The second-order valence-electron chi connectivity index (χ2n) is 4.47. The van der Waals surface area contributed by atoms with Gasteiger partial charge in [0, 0.05) is 6.16 Å². The lowest BCUT2D eigenvalue weighted by Gasteiger charge is -2.18. The summed E-state index contributed by atoms with van der Waals surface area (Å²) in [7, 11) is -0.442. The quantitative estimate of drug-likeness (QED) is 0.660. The zero-order valence-electron chi connectivity index (χ0n) is 11.0. The smallest absolute Gasteiger partial charge is 0.253 e. The first-order valence-corrected chi connectivity index (χ1v) is 11.7. The van der Waals surface area contributed by atoms with Crippen LogP contribution in [0.2, 0.25) is 0 Å². The molecule has 0 N–H and O–H groups in total. The maximum absolute atomic E-state index is 11.4. The zero-order valence-corrected chi connectivity index (χ0v) is 14.3. The number of rotatable bonds is 6. The molecule has 2 aromatic rings. The molecule has 0 aliphatic rings. The van der Waals surface area contributed by atoms with Crippen molar-refractivity contribution in [2.75, 3.05) is 12.3 Å². The Balaban J connectivity index is 2.15. The van der Waals surface area contributed by atoms with E-state index in [1.54, 1.807) is 0 Å². The van der Waals surface area contributed by atoms with E-state index in [-0.39, 0.29) is 0 Å². The predicted octanol–water partition coefficient (Wildman–Crippen LogP) is 5.18. The highest BCUT2D eigenvalue weighted by molar-refractivity contribution is 8.08. The second-order valence-corrected chi connectivity index (χ2v) is 12.2. The lowest BCUT2D eigenvalue weighted by molar-refractivity contribution is 0.592. The fourth-order valence-corrected chi connectivity index (χ4v) is 5.88. The summed E-state index contributed by atoms with van der Waals surface area (Å²) in [4.78, 5) is 0. The fraction of sp³-hybridized carbons (Fsp3) is 0.200. The Labute approximate surface area is 131 Å². The van der Waals surface area contributed by atoms with E-state index >= 15 is 0 Å². The van der Waals surface area contributed by atoms with E-state index in [0.29, 0.717) is 6.16 Å². The van der Waals surface area contributed by atoms with Crippen LogP contribution in [0, 0.1) is 0 Å². The van der Waals surface area contributed by atoms with Gasteiger partial charge in [-0.15, -0.1) is 0 Å². The molecule has 2 aromatic carbocycles. The first-order valence-electron chi connectivity index (χ1n) is 6.42. The topological polar surface area (TPSA) is 17.1 Å². The van der Waals surface area contributed by atoms with E-state index in [2.05, 4.69) is 48.5 Å². The van der Waals surface area contributed by atoms with Crippen LogP contribution in [0.1, 0.15) is 6.42 Å². The van der Waals surface area contributed by atoms with Crippen molar-refractivity contribution in [1.29, 1.82) is 0 Å². The maximum Gasteiger partial charge on any atom is 0.253 e. The average Bonchev–Trinajstić information content (AvgIpc) is 2.44. The molecule has 0 spiro atoms. The molecule has 0 atom stereocenters. The molecule has 0 aliphatic carbocycles. The molecular weight excluding hydrogens is 329 g/mol. The van der Waals surface area contributed by atoms with Gasteiger partial charge in [0.25, 0.3) is 5.85 Å². The van der Waals surface area contributed by atoms with E-state index in [0.717, 1.165) is 12.6 Å². The normalized spacial score (nSPS) is 11.8. The number of hydrogen-bond donors (Lipinski definition) is 0. The molecule has 0 aromatic heterocycles. The van der Waals surface area contributed by atoms with Crippen molar-refractivity contribution in [3.63, 3.8) is 0 Å². The molecule has 0 amide bonds. The van der Waals surface area contributed by atoms with Crippen LogP contribution in [0.5, 0.6) is 0 Å². The van der Waals surface area contributed by atoms with E-state index in [1.165, 1.54) is 10.6 Å². The van der Waals surface area contributed by atoms with Crippen molar-refractivity contribution in [3.05, 3.63) is 60.7 Å². The van der Waals surface area contributed by atoms with Crippen molar-refractivity contribution in [2.24, 2.45) is 0 Å². The summed E-state index contributed by atoms with van der Waals surface area (Å²) in [6.45, 7) is 0. The van der Waals surface area contributed by atoms with Gasteiger partial charge in [-0.2, -0.15) is 0 Å². The summed E-state index contributed by atoms with van der Waals surface area (Å²) in [5.41, 5.74) is 0. The SMILES string of the molecule is O=P(Cl)(Cl)CCCP(c1ccccc1)c1ccccc1. The monoisotopic (exact) mass is 344 g/mol. The third kappa shape index (κ3) is 5.23. The van der Waals surface area contributed by atoms with E-state index in [9.17, 15) is 4.57 Å². The molecule has 0 saturated carbocycles. The Morgan fingerprint density at radius 3 is 1.70 bits per heavy atom. The molecule has 20 heavy (non-hydrogen) atoms. The third-order valence-corrected chi connectivity index (χ3v) is 7.39. The van der Waals surface area contributed by atoms with Crippen LogP contribution in [0.4, 0.5) is 0 Å². The Bertz CT molecular complexity index is 529. The third-order valence-electron chi connectivity index (χ3n) is 2.94. The first kappa shape index (κ1) is 16.1. The predicted molar refractivity (Wildman–Crippen MR) is 92.7 cm³/mol. The van der Waals surface area contributed by atoms with Gasteiger partial charge in [-0.05, 0) is 53.6 Å². The van der Waals surface area contributed by atoms with Crippen LogP contribution in [-0.4, -0.2) is 12.3 Å². The fourth-order valence-electron chi connectivity index (χ4n) is 2.04. The molecule has 1 nitrogen and oxygen atoms in total. The van der Waals surface area contributed by atoms with Gasteiger partial charge in [0.2, 0.25) is 0 Å². The number of hydrogen-bond acceptors (Lipinski definition) is 1. The van der Waals surface area contributed by atoms with Gasteiger partial charge in [-0.3, -0.25) is 4.57 Å². The summed E-state index contributed by atoms with van der Waals surface area (Å²) < 4.78 is 11.4. The maximum atomic E-state index is 11.4. The van der Waals surface area contributed by atoms with E-state index in [1.807, 2.05) is 12.1 Å². The molecule has 0 heterocycles. The van der Waals surface area contributed by atoms with Crippen molar-refractivity contribution in [3.8, 4) is 0 Å². The molecule has 0 fully saturated rings. The first-order chi connectivity index (χ1) is 9.56. The van der Waals surface area contributed by atoms with Gasteiger partial charge in [0.05, 0.1) is 0 Å².